The van der Waals surface area contributed by atoms with Gasteiger partial charge in [-0.3, -0.25) is 0 Å². The van der Waals surface area contributed by atoms with Crippen LogP contribution in [0.5, 0.6) is 0 Å². The molecule has 1 aliphatic heterocycles. The van der Waals surface area contributed by atoms with Gasteiger partial charge in [0.05, 0.1) is 23.6 Å². The maximum Gasteiger partial charge on any atom is 0.433 e. The number of alkyl halides is 3. The maximum atomic E-state index is 13.1. The minimum atomic E-state index is -4.59. The monoisotopic (exact) mass is 356 g/mol. The summed E-state index contributed by atoms with van der Waals surface area (Å²) in [5, 5.41) is 19.0. The van der Waals surface area contributed by atoms with Crippen LogP contribution in [0, 0.1) is 22.7 Å². The van der Waals surface area contributed by atoms with Crippen molar-refractivity contribution in [1.82, 2.24) is 4.98 Å². The van der Waals surface area contributed by atoms with Crippen molar-refractivity contribution < 1.29 is 13.2 Å². The average molecular weight is 356 g/mol. The zero-order valence-corrected chi connectivity index (χ0v) is 13.7. The summed E-state index contributed by atoms with van der Waals surface area (Å²) in [4.78, 5) is 5.40. The molecule has 0 spiro atoms. The first-order valence-corrected chi connectivity index (χ1v) is 8.15. The molecule has 2 unspecified atom stereocenters. The van der Waals surface area contributed by atoms with E-state index in [4.69, 9.17) is 0 Å². The number of hydrogen-bond donors (Lipinski definition) is 0. The fourth-order valence-corrected chi connectivity index (χ4v) is 3.36. The maximum absolute atomic E-state index is 13.1. The number of aromatic nitrogens is 1. The third-order valence-electron chi connectivity index (χ3n) is 4.54. The van der Waals surface area contributed by atoms with Gasteiger partial charge in [-0.25, -0.2) is 4.98 Å². The second-order valence-electron chi connectivity index (χ2n) is 6.10. The van der Waals surface area contributed by atoms with Gasteiger partial charge in [0, 0.05) is 6.54 Å². The summed E-state index contributed by atoms with van der Waals surface area (Å²) in [5.41, 5.74) is -0.155. The SMILES string of the molecule is N#Cc1ccc(C(F)(F)F)nc1N1CCCC1C(C#N)c1ccccc1. The standard InChI is InChI=1S/C19H15F3N4/c20-19(21,22)17-9-8-14(11-23)18(25-17)26-10-4-7-16(26)15(12-24)13-5-2-1-3-6-13/h1-3,5-6,8-9,15-16H,4,7,10H2. The Morgan fingerprint density at radius 2 is 1.85 bits per heavy atom. The van der Waals surface area contributed by atoms with E-state index in [2.05, 4.69) is 11.1 Å². The van der Waals surface area contributed by atoms with Crippen molar-refractivity contribution in [3.05, 3.63) is 59.3 Å². The number of rotatable bonds is 3. The summed E-state index contributed by atoms with van der Waals surface area (Å²) in [7, 11) is 0. The summed E-state index contributed by atoms with van der Waals surface area (Å²) in [5.74, 6) is -0.511. The molecule has 0 bridgehead atoms. The highest BCUT2D eigenvalue weighted by Gasteiger charge is 2.37. The molecule has 1 fully saturated rings. The van der Waals surface area contributed by atoms with Crippen molar-refractivity contribution in [3.63, 3.8) is 0 Å². The average Bonchev–Trinajstić information content (AvgIpc) is 3.11. The van der Waals surface area contributed by atoms with Gasteiger partial charge < -0.3 is 4.90 Å². The first kappa shape index (κ1) is 17.8. The fourth-order valence-electron chi connectivity index (χ4n) is 3.36. The normalized spacial score (nSPS) is 18.2. The van der Waals surface area contributed by atoms with Gasteiger partial charge in [-0.15, -0.1) is 0 Å². The molecule has 0 N–H and O–H groups in total. The first-order chi connectivity index (χ1) is 12.5. The minimum absolute atomic E-state index is 0.000932. The van der Waals surface area contributed by atoms with Gasteiger partial charge in [0.1, 0.15) is 17.6 Å². The quantitative estimate of drug-likeness (QED) is 0.825. The lowest BCUT2D eigenvalue weighted by atomic mass is 9.91. The van der Waals surface area contributed by atoms with Crippen LogP contribution in [0.4, 0.5) is 19.0 Å². The first-order valence-electron chi connectivity index (χ1n) is 8.15. The van der Waals surface area contributed by atoms with Gasteiger partial charge in [-0.05, 0) is 30.5 Å². The smallest absolute Gasteiger partial charge is 0.351 e. The molecule has 7 heteroatoms. The molecular formula is C19H15F3N4. The third kappa shape index (κ3) is 3.34. The highest BCUT2D eigenvalue weighted by atomic mass is 19.4. The molecule has 1 aromatic carbocycles. The summed E-state index contributed by atoms with van der Waals surface area (Å²) >= 11 is 0. The molecular weight excluding hydrogens is 341 g/mol. The van der Waals surface area contributed by atoms with Crippen molar-refractivity contribution in [2.45, 2.75) is 31.0 Å². The molecule has 132 valence electrons. The molecule has 2 aromatic rings. The lowest BCUT2D eigenvalue weighted by Crippen LogP contribution is -2.35. The lowest BCUT2D eigenvalue weighted by Gasteiger charge is -2.30. The lowest BCUT2D eigenvalue weighted by molar-refractivity contribution is -0.141. The molecule has 0 amide bonds. The van der Waals surface area contributed by atoms with Crippen LogP contribution in [0.2, 0.25) is 0 Å². The van der Waals surface area contributed by atoms with Gasteiger partial charge in [0.15, 0.2) is 0 Å². The Morgan fingerprint density at radius 3 is 2.46 bits per heavy atom. The third-order valence-corrected chi connectivity index (χ3v) is 4.54. The second-order valence-corrected chi connectivity index (χ2v) is 6.10. The van der Waals surface area contributed by atoms with Crippen LogP contribution in [0.25, 0.3) is 0 Å². The van der Waals surface area contributed by atoms with Gasteiger partial charge in [-0.1, -0.05) is 30.3 Å². The fraction of sp³-hybridized carbons (Fsp3) is 0.316. The summed E-state index contributed by atoms with van der Waals surface area (Å²) in [6.45, 7) is 0.457. The van der Waals surface area contributed by atoms with Crippen LogP contribution < -0.4 is 4.90 Å². The predicted octanol–water partition coefficient (Wildman–Crippen LogP) is 4.25. The number of benzene rings is 1. The van der Waals surface area contributed by atoms with E-state index >= 15 is 0 Å². The highest BCUT2D eigenvalue weighted by molar-refractivity contribution is 5.57. The van der Waals surface area contributed by atoms with E-state index in [0.717, 1.165) is 24.1 Å². The molecule has 0 saturated carbocycles. The van der Waals surface area contributed by atoms with Gasteiger partial charge in [0.2, 0.25) is 0 Å². The van der Waals surface area contributed by atoms with E-state index in [1.807, 2.05) is 36.4 Å². The molecule has 0 radical (unpaired) electrons. The zero-order chi connectivity index (χ0) is 18.7. The summed E-state index contributed by atoms with van der Waals surface area (Å²) < 4.78 is 39.2. The Bertz CT molecular complexity index is 865. The predicted molar refractivity (Wildman–Crippen MR) is 89.1 cm³/mol. The molecule has 0 aliphatic carbocycles. The molecule has 1 aromatic heterocycles. The van der Waals surface area contributed by atoms with Crippen molar-refractivity contribution in [3.8, 4) is 12.1 Å². The van der Waals surface area contributed by atoms with Crippen LogP contribution in [0.3, 0.4) is 0 Å². The molecule has 1 saturated heterocycles. The van der Waals surface area contributed by atoms with Crippen LogP contribution in [-0.4, -0.2) is 17.6 Å². The van der Waals surface area contributed by atoms with Crippen LogP contribution in [0.1, 0.15) is 35.6 Å². The van der Waals surface area contributed by atoms with Crippen LogP contribution in [0.15, 0.2) is 42.5 Å². The number of nitrogens with zero attached hydrogens (tertiary/aromatic N) is 4. The number of pyridine rings is 1. The topological polar surface area (TPSA) is 63.7 Å². The highest BCUT2D eigenvalue weighted by Crippen LogP contribution is 2.37. The van der Waals surface area contributed by atoms with Crippen LogP contribution in [-0.2, 0) is 6.18 Å². The number of hydrogen-bond acceptors (Lipinski definition) is 4. The Morgan fingerprint density at radius 1 is 1.12 bits per heavy atom. The van der Waals surface area contributed by atoms with Gasteiger partial charge in [-0.2, -0.15) is 23.7 Å². The van der Waals surface area contributed by atoms with E-state index in [9.17, 15) is 23.7 Å². The van der Waals surface area contributed by atoms with E-state index < -0.39 is 17.8 Å². The van der Waals surface area contributed by atoms with Gasteiger partial charge >= 0.3 is 6.18 Å². The number of halogens is 3. The largest absolute Gasteiger partial charge is 0.433 e. The van der Waals surface area contributed by atoms with E-state index in [-0.39, 0.29) is 17.4 Å². The van der Waals surface area contributed by atoms with Crippen molar-refractivity contribution >= 4 is 5.82 Å². The van der Waals surface area contributed by atoms with Crippen molar-refractivity contribution in [2.75, 3.05) is 11.4 Å². The number of nitriles is 2. The van der Waals surface area contributed by atoms with Gasteiger partial charge in [0.25, 0.3) is 0 Å². The minimum Gasteiger partial charge on any atom is -0.351 e. The molecule has 1 aliphatic rings. The van der Waals surface area contributed by atoms with E-state index in [1.165, 1.54) is 0 Å². The Labute approximate surface area is 149 Å². The molecule has 2 atom stereocenters. The van der Waals surface area contributed by atoms with Crippen molar-refractivity contribution in [2.24, 2.45) is 0 Å². The van der Waals surface area contributed by atoms with E-state index in [0.29, 0.717) is 13.0 Å². The van der Waals surface area contributed by atoms with Crippen LogP contribution >= 0.6 is 0 Å². The molecule has 3 rings (SSSR count). The Balaban J connectivity index is 2.03. The summed E-state index contributed by atoms with van der Waals surface area (Å²) in [6, 6.07) is 14.9. The summed E-state index contributed by atoms with van der Waals surface area (Å²) in [6.07, 6.45) is -3.22. The Hall–Kier alpha value is -3.06. The molecule has 2 heterocycles. The number of anilines is 1. The Kier molecular flexibility index (Phi) is 4.81. The molecule has 4 nitrogen and oxygen atoms in total. The second kappa shape index (κ2) is 7.05. The molecule has 26 heavy (non-hydrogen) atoms. The van der Waals surface area contributed by atoms with E-state index in [1.54, 1.807) is 4.90 Å². The van der Waals surface area contributed by atoms with Crippen molar-refractivity contribution in [1.29, 1.82) is 10.5 Å². The zero-order valence-electron chi connectivity index (χ0n) is 13.7.